The number of carbonyl (C=O) groups is 1. The summed E-state index contributed by atoms with van der Waals surface area (Å²) < 4.78 is 0. The van der Waals surface area contributed by atoms with Crippen molar-refractivity contribution >= 4 is 5.97 Å². The fourth-order valence-corrected chi connectivity index (χ4v) is 3.38. The fourth-order valence-electron chi connectivity index (χ4n) is 3.38. The molecule has 0 bridgehead atoms. The Bertz CT molecular complexity index is 458. The van der Waals surface area contributed by atoms with Gasteiger partial charge in [-0.15, -0.1) is 0 Å². The van der Waals surface area contributed by atoms with E-state index < -0.39 is 5.97 Å². The molecule has 3 nitrogen and oxygen atoms in total. The lowest BCUT2D eigenvalue weighted by molar-refractivity contribution is -0.141. The molecule has 0 spiro atoms. The maximum atomic E-state index is 11.0. The summed E-state index contributed by atoms with van der Waals surface area (Å²) in [5.74, 6) is -0.805. The summed E-state index contributed by atoms with van der Waals surface area (Å²) in [4.78, 5) is 13.4. The molecular weight excluding hydrogens is 226 g/mol. The Labute approximate surface area is 107 Å². The number of carboxylic acids is 1. The van der Waals surface area contributed by atoms with Crippen molar-refractivity contribution in [3.8, 4) is 0 Å². The van der Waals surface area contributed by atoms with Gasteiger partial charge in [0.05, 0.1) is 5.92 Å². The van der Waals surface area contributed by atoms with Crippen LogP contribution in [0.2, 0.25) is 0 Å². The highest BCUT2D eigenvalue weighted by atomic mass is 16.4. The van der Waals surface area contributed by atoms with Crippen LogP contribution in [0.3, 0.4) is 0 Å². The molecule has 18 heavy (non-hydrogen) atoms. The molecule has 0 radical (unpaired) electrons. The van der Waals surface area contributed by atoms with Crippen LogP contribution in [0.25, 0.3) is 0 Å². The zero-order valence-corrected chi connectivity index (χ0v) is 10.5. The molecule has 0 aromatic heterocycles. The topological polar surface area (TPSA) is 40.5 Å². The summed E-state index contributed by atoms with van der Waals surface area (Å²) in [7, 11) is 0. The van der Waals surface area contributed by atoms with Crippen molar-refractivity contribution in [2.24, 2.45) is 5.92 Å². The SMILES string of the molecule is O=C(O)[C@H]1CCN([C@@H]2CCCc3ccccc32)C1. The molecule has 1 fully saturated rings. The van der Waals surface area contributed by atoms with E-state index in [1.807, 2.05) is 0 Å². The van der Waals surface area contributed by atoms with Gasteiger partial charge in [0.25, 0.3) is 0 Å². The number of nitrogens with zero attached hydrogens (tertiary/aromatic N) is 1. The van der Waals surface area contributed by atoms with Gasteiger partial charge in [-0.2, -0.15) is 0 Å². The molecule has 1 N–H and O–H groups in total. The van der Waals surface area contributed by atoms with Gasteiger partial charge in [0.1, 0.15) is 0 Å². The molecule has 1 aromatic rings. The number of hydrogen-bond donors (Lipinski definition) is 1. The Kier molecular flexibility index (Phi) is 3.08. The molecule has 2 aliphatic rings. The van der Waals surface area contributed by atoms with Crippen LogP contribution in [-0.2, 0) is 11.2 Å². The first-order valence-corrected chi connectivity index (χ1v) is 6.80. The summed E-state index contributed by atoms with van der Waals surface area (Å²) >= 11 is 0. The Morgan fingerprint density at radius 2 is 2.11 bits per heavy atom. The number of hydrogen-bond acceptors (Lipinski definition) is 2. The molecular formula is C15H19NO2. The Morgan fingerprint density at radius 1 is 1.28 bits per heavy atom. The minimum absolute atomic E-state index is 0.168. The van der Waals surface area contributed by atoms with Crippen LogP contribution in [0, 0.1) is 5.92 Å². The molecule has 1 aliphatic carbocycles. The number of aryl methyl sites for hydroxylation is 1. The first kappa shape index (κ1) is 11.7. The number of rotatable bonds is 2. The van der Waals surface area contributed by atoms with Gasteiger partial charge in [0.15, 0.2) is 0 Å². The second kappa shape index (κ2) is 4.73. The van der Waals surface area contributed by atoms with E-state index >= 15 is 0 Å². The van der Waals surface area contributed by atoms with E-state index in [4.69, 9.17) is 5.11 Å². The van der Waals surface area contributed by atoms with Crippen molar-refractivity contribution in [1.29, 1.82) is 0 Å². The third-order valence-electron chi connectivity index (χ3n) is 4.35. The average molecular weight is 245 g/mol. The van der Waals surface area contributed by atoms with Gasteiger partial charge in [-0.05, 0) is 43.4 Å². The minimum atomic E-state index is -0.637. The Hall–Kier alpha value is -1.35. The summed E-state index contributed by atoms with van der Waals surface area (Å²) in [6.45, 7) is 1.64. The molecule has 1 aliphatic heterocycles. The third kappa shape index (κ3) is 2.03. The first-order valence-electron chi connectivity index (χ1n) is 6.80. The summed E-state index contributed by atoms with van der Waals surface area (Å²) in [5.41, 5.74) is 2.88. The second-order valence-corrected chi connectivity index (χ2v) is 5.43. The molecule has 96 valence electrons. The lowest BCUT2D eigenvalue weighted by Gasteiger charge is -2.33. The average Bonchev–Trinajstić information content (AvgIpc) is 2.87. The normalized spacial score (nSPS) is 28.0. The van der Waals surface area contributed by atoms with Gasteiger partial charge < -0.3 is 5.11 Å². The zero-order chi connectivity index (χ0) is 12.5. The zero-order valence-electron chi connectivity index (χ0n) is 10.5. The van der Waals surface area contributed by atoms with Crippen LogP contribution in [0.4, 0.5) is 0 Å². The highest BCUT2D eigenvalue weighted by molar-refractivity contribution is 5.70. The van der Waals surface area contributed by atoms with Crippen molar-refractivity contribution in [1.82, 2.24) is 4.90 Å². The lowest BCUT2D eigenvalue weighted by Crippen LogP contribution is -2.30. The second-order valence-electron chi connectivity index (χ2n) is 5.43. The van der Waals surface area contributed by atoms with Crippen LogP contribution < -0.4 is 0 Å². The number of aliphatic carboxylic acids is 1. The van der Waals surface area contributed by atoms with Crippen LogP contribution >= 0.6 is 0 Å². The quantitative estimate of drug-likeness (QED) is 0.870. The van der Waals surface area contributed by atoms with E-state index in [1.54, 1.807) is 0 Å². The van der Waals surface area contributed by atoms with E-state index in [9.17, 15) is 4.79 Å². The van der Waals surface area contributed by atoms with Crippen molar-refractivity contribution in [2.75, 3.05) is 13.1 Å². The summed E-state index contributed by atoms with van der Waals surface area (Å²) in [6, 6.07) is 9.08. The molecule has 3 heteroatoms. The molecule has 0 unspecified atom stereocenters. The smallest absolute Gasteiger partial charge is 0.307 e. The van der Waals surface area contributed by atoms with E-state index in [0.717, 1.165) is 13.0 Å². The van der Waals surface area contributed by atoms with Crippen LogP contribution in [0.1, 0.15) is 36.4 Å². The molecule has 1 heterocycles. The van der Waals surface area contributed by atoms with Crippen LogP contribution in [-0.4, -0.2) is 29.1 Å². The van der Waals surface area contributed by atoms with Gasteiger partial charge in [-0.25, -0.2) is 0 Å². The van der Waals surface area contributed by atoms with Gasteiger partial charge in [0, 0.05) is 12.6 Å². The Morgan fingerprint density at radius 3 is 2.89 bits per heavy atom. The molecule has 0 amide bonds. The van der Waals surface area contributed by atoms with Crippen molar-refractivity contribution in [2.45, 2.75) is 31.7 Å². The van der Waals surface area contributed by atoms with Gasteiger partial charge in [-0.3, -0.25) is 9.69 Å². The van der Waals surface area contributed by atoms with Crippen molar-refractivity contribution < 1.29 is 9.90 Å². The minimum Gasteiger partial charge on any atom is -0.481 e. The van der Waals surface area contributed by atoms with Crippen LogP contribution in [0.5, 0.6) is 0 Å². The van der Waals surface area contributed by atoms with Gasteiger partial charge in [0.2, 0.25) is 0 Å². The monoisotopic (exact) mass is 245 g/mol. The molecule has 2 atom stereocenters. The maximum Gasteiger partial charge on any atom is 0.307 e. The highest BCUT2D eigenvalue weighted by Gasteiger charge is 2.34. The molecule has 0 saturated carbocycles. The van der Waals surface area contributed by atoms with Crippen LogP contribution in [0.15, 0.2) is 24.3 Å². The highest BCUT2D eigenvalue weighted by Crippen LogP contribution is 2.36. The van der Waals surface area contributed by atoms with E-state index in [-0.39, 0.29) is 5.92 Å². The van der Waals surface area contributed by atoms with E-state index in [0.29, 0.717) is 12.6 Å². The number of benzene rings is 1. The van der Waals surface area contributed by atoms with Gasteiger partial charge in [-0.1, -0.05) is 24.3 Å². The first-order chi connectivity index (χ1) is 8.75. The molecule has 1 saturated heterocycles. The summed E-state index contributed by atoms with van der Waals surface area (Å²) in [5, 5.41) is 9.10. The third-order valence-corrected chi connectivity index (χ3v) is 4.35. The predicted molar refractivity (Wildman–Crippen MR) is 69.4 cm³/mol. The number of likely N-dealkylation sites (tertiary alicyclic amines) is 1. The molecule has 1 aromatic carbocycles. The van der Waals surface area contributed by atoms with Crippen molar-refractivity contribution in [3.05, 3.63) is 35.4 Å². The predicted octanol–water partition coefficient (Wildman–Crippen LogP) is 2.47. The van der Waals surface area contributed by atoms with Gasteiger partial charge >= 0.3 is 5.97 Å². The van der Waals surface area contributed by atoms with E-state index in [2.05, 4.69) is 29.2 Å². The largest absolute Gasteiger partial charge is 0.481 e. The van der Waals surface area contributed by atoms with Crippen molar-refractivity contribution in [3.63, 3.8) is 0 Å². The molecule has 3 rings (SSSR count). The fraction of sp³-hybridized carbons (Fsp3) is 0.533. The number of carboxylic acid groups (broad SMARTS) is 1. The summed E-state index contributed by atoms with van der Waals surface area (Å²) in [6.07, 6.45) is 4.36. The lowest BCUT2D eigenvalue weighted by atomic mass is 9.87. The standard InChI is InChI=1S/C15H19NO2/c17-15(18)12-8-9-16(10-12)14-7-3-5-11-4-1-2-6-13(11)14/h1-2,4,6,12,14H,3,5,7-10H2,(H,17,18)/t12-,14+/m0/s1. The number of fused-ring (bicyclic) bond motifs is 1. The Balaban J connectivity index is 1.80. The maximum absolute atomic E-state index is 11.0. The van der Waals surface area contributed by atoms with E-state index in [1.165, 1.54) is 30.4 Å².